The minimum atomic E-state index is -0.325. The first kappa shape index (κ1) is 19.1. The van der Waals surface area contributed by atoms with E-state index >= 15 is 0 Å². The summed E-state index contributed by atoms with van der Waals surface area (Å²) in [4.78, 5) is 14.6. The Labute approximate surface area is 174 Å². The van der Waals surface area contributed by atoms with Gasteiger partial charge in [0.25, 0.3) is 0 Å². The van der Waals surface area contributed by atoms with E-state index in [9.17, 15) is 0 Å². The van der Waals surface area contributed by atoms with Gasteiger partial charge >= 0.3 is 0 Å². The van der Waals surface area contributed by atoms with E-state index in [1.807, 2.05) is 30.3 Å². The van der Waals surface area contributed by atoms with Gasteiger partial charge in [-0.15, -0.1) is 0 Å². The molecule has 0 radical (unpaired) electrons. The molecular weight excluding hydrogens is 395 g/mol. The fourth-order valence-electron chi connectivity index (χ4n) is 3.51. The summed E-state index contributed by atoms with van der Waals surface area (Å²) >= 11 is 12.3. The van der Waals surface area contributed by atoms with Crippen LogP contribution >= 0.6 is 23.2 Å². The predicted molar refractivity (Wildman–Crippen MR) is 112 cm³/mol. The first-order valence-corrected chi connectivity index (χ1v) is 10.3. The Hall–Kier alpha value is -2.24. The number of piperidine rings is 1. The van der Waals surface area contributed by atoms with E-state index < -0.39 is 0 Å². The van der Waals surface area contributed by atoms with Crippen molar-refractivity contribution < 1.29 is 4.74 Å². The molecule has 5 nitrogen and oxygen atoms in total. The first-order chi connectivity index (χ1) is 13.7. The van der Waals surface area contributed by atoms with Crippen LogP contribution in [-0.2, 0) is 6.42 Å². The number of hydrogen-bond donors (Lipinski definition) is 1. The van der Waals surface area contributed by atoms with Crippen molar-refractivity contribution >= 4 is 29.0 Å². The van der Waals surface area contributed by atoms with E-state index in [1.165, 1.54) is 19.3 Å². The number of aromatic nitrogens is 3. The van der Waals surface area contributed by atoms with Crippen LogP contribution in [0.3, 0.4) is 0 Å². The molecule has 7 heteroatoms. The molecule has 28 heavy (non-hydrogen) atoms. The molecule has 1 saturated heterocycles. The highest BCUT2D eigenvalue weighted by Crippen LogP contribution is 2.27. The molecule has 0 spiro atoms. The molecule has 1 aromatic carbocycles. The predicted octanol–water partition coefficient (Wildman–Crippen LogP) is 5.46. The summed E-state index contributed by atoms with van der Waals surface area (Å²) in [6.07, 6.45) is 7.45. The number of rotatable bonds is 6. The minimum absolute atomic E-state index is 0.325. The van der Waals surface area contributed by atoms with Crippen LogP contribution in [0.2, 0.25) is 10.0 Å². The number of nitrogens with one attached hydrogen (secondary N) is 1. The lowest BCUT2D eigenvalue weighted by molar-refractivity contribution is 0.189. The third-order valence-electron chi connectivity index (χ3n) is 4.82. The summed E-state index contributed by atoms with van der Waals surface area (Å²) in [6, 6.07) is 11.4. The monoisotopic (exact) mass is 416 g/mol. The molecule has 0 saturated carbocycles. The van der Waals surface area contributed by atoms with E-state index in [4.69, 9.17) is 32.9 Å². The van der Waals surface area contributed by atoms with Gasteiger partial charge in [0, 0.05) is 48.0 Å². The molecular formula is C21H22Cl2N4O. The van der Waals surface area contributed by atoms with Gasteiger partial charge in [-0.05, 0) is 49.1 Å². The largest absolute Gasteiger partial charge is 0.466 e. The second-order valence-corrected chi connectivity index (χ2v) is 7.82. The van der Waals surface area contributed by atoms with E-state index in [0.717, 1.165) is 30.3 Å². The highest BCUT2D eigenvalue weighted by atomic mass is 35.5. The Balaban J connectivity index is 1.56. The van der Waals surface area contributed by atoms with Gasteiger partial charge in [0.1, 0.15) is 11.6 Å². The smallest absolute Gasteiger partial charge is 0.215 e. The summed E-state index contributed by atoms with van der Waals surface area (Å²) in [7, 11) is 0. The topological polar surface area (TPSA) is 54.0 Å². The zero-order valence-corrected chi connectivity index (χ0v) is 17.0. The van der Waals surface area contributed by atoms with Gasteiger partial charge in [-0.1, -0.05) is 29.3 Å². The van der Waals surface area contributed by atoms with E-state index in [-0.39, 0.29) is 6.10 Å². The number of halogens is 2. The van der Waals surface area contributed by atoms with Crippen molar-refractivity contribution in [1.82, 2.24) is 15.0 Å². The van der Waals surface area contributed by atoms with Gasteiger partial charge in [-0.2, -0.15) is 4.98 Å². The van der Waals surface area contributed by atoms with Crippen LogP contribution in [0.5, 0.6) is 5.88 Å². The summed E-state index contributed by atoms with van der Waals surface area (Å²) < 4.78 is 6.26. The summed E-state index contributed by atoms with van der Waals surface area (Å²) in [5, 5.41) is 1.21. The third-order valence-corrected chi connectivity index (χ3v) is 5.26. The van der Waals surface area contributed by atoms with Crippen LogP contribution in [0.15, 0.2) is 48.8 Å². The van der Waals surface area contributed by atoms with Crippen LogP contribution in [0, 0.1) is 0 Å². The lowest BCUT2D eigenvalue weighted by Crippen LogP contribution is -2.30. The average Bonchev–Trinajstić information content (AvgIpc) is 3.22. The minimum Gasteiger partial charge on any atom is -0.466 e. The van der Waals surface area contributed by atoms with Crippen molar-refractivity contribution in [1.29, 1.82) is 0 Å². The maximum Gasteiger partial charge on any atom is 0.215 e. The third kappa shape index (κ3) is 4.78. The molecule has 4 rings (SSSR count). The van der Waals surface area contributed by atoms with Crippen LogP contribution in [0.4, 0.5) is 5.82 Å². The summed E-state index contributed by atoms with van der Waals surface area (Å²) in [6.45, 7) is 2.08. The second kappa shape index (κ2) is 8.84. The molecule has 0 amide bonds. The molecule has 3 aromatic rings. The Morgan fingerprint density at radius 2 is 1.86 bits per heavy atom. The molecule has 2 aromatic heterocycles. The van der Waals surface area contributed by atoms with Crippen molar-refractivity contribution in [2.24, 2.45) is 0 Å². The Bertz CT molecular complexity index is 890. The molecule has 3 heterocycles. The average molecular weight is 417 g/mol. The zero-order valence-electron chi connectivity index (χ0n) is 15.4. The quantitative estimate of drug-likeness (QED) is 0.578. The van der Waals surface area contributed by atoms with Gasteiger partial charge in [-0.25, -0.2) is 4.98 Å². The Morgan fingerprint density at radius 3 is 2.57 bits per heavy atom. The lowest BCUT2D eigenvalue weighted by atomic mass is 10.1. The van der Waals surface area contributed by atoms with Gasteiger partial charge < -0.3 is 14.6 Å². The molecule has 1 atom stereocenters. The zero-order chi connectivity index (χ0) is 19.3. The maximum atomic E-state index is 6.26. The van der Waals surface area contributed by atoms with Gasteiger partial charge in [0.15, 0.2) is 6.10 Å². The number of ether oxygens (including phenoxy) is 1. The number of pyridine rings is 1. The number of hydrogen-bond acceptors (Lipinski definition) is 4. The fourth-order valence-corrected chi connectivity index (χ4v) is 4.08. The number of imidazole rings is 1. The van der Waals surface area contributed by atoms with Crippen LogP contribution < -0.4 is 9.64 Å². The maximum absolute atomic E-state index is 6.26. The van der Waals surface area contributed by atoms with Crippen molar-refractivity contribution in [3.63, 3.8) is 0 Å². The number of nitrogens with zero attached hydrogens (tertiary/aromatic N) is 3. The molecule has 1 aliphatic heterocycles. The van der Waals surface area contributed by atoms with Crippen LogP contribution in [0.25, 0.3) is 0 Å². The molecule has 1 fully saturated rings. The number of anilines is 1. The standard InChI is InChI=1S/C21H22Cl2N4O/c22-16-11-15(12-17(23)14-16)13-18(21-24-7-8-25-21)28-20-6-4-5-19(26-20)27-9-2-1-3-10-27/h4-8,11-12,14,18H,1-3,9-10,13H2,(H,24,25). The molecule has 0 bridgehead atoms. The van der Waals surface area contributed by atoms with Crippen molar-refractivity contribution in [2.75, 3.05) is 18.0 Å². The molecule has 1 N–H and O–H groups in total. The van der Waals surface area contributed by atoms with Crippen molar-refractivity contribution in [2.45, 2.75) is 31.8 Å². The number of H-pyrrole nitrogens is 1. The highest BCUT2D eigenvalue weighted by molar-refractivity contribution is 6.34. The number of aromatic amines is 1. The number of benzene rings is 1. The van der Waals surface area contributed by atoms with E-state index in [0.29, 0.717) is 22.3 Å². The van der Waals surface area contributed by atoms with Crippen molar-refractivity contribution in [3.05, 3.63) is 70.2 Å². The Kier molecular flexibility index (Phi) is 6.03. The van der Waals surface area contributed by atoms with E-state index in [2.05, 4.69) is 14.9 Å². The summed E-state index contributed by atoms with van der Waals surface area (Å²) in [5.74, 6) is 2.28. The van der Waals surface area contributed by atoms with E-state index in [1.54, 1.807) is 18.5 Å². The molecule has 0 aliphatic carbocycles. The second-order valence-electron chi connectivity index (χ2n) is 6.94. The highest BCUT2D eigenvalue weighted by Gasteiger charge is 2.19. The lowest BCUT2D eigenvalue weighted by Gasteiger charge is -2.28. The Morgan fingerprint density at radius 1 is 1.07 bits per heavy atom. The van der Waals surface area contributed by atoms with Crippen LogP contribution in [-0.4, -0.2) is 28.0 Å². The van der Waals surface area contributed by atoms with Crippen LogP contribution in [0.1, 0.15) is 36.8 Å². The fraction of sp³-hybridized carbons (Fsp3) is 0.333. The summed E-state index contributed by atoms with van der Waals surface area (Å²) in [5.41, 5.74) is 0.978. The van der Waals surface area contributed by atoms with Gasteiger partial charge in [-0.3, -0.25) is 0 Å². The van der Waals surface area contributed by atoms with Gasteiger partial charge in [0.2, 0.25) is 5.88 Å². The first-order valence-electron chi connectivity index (χ1n) is 9.50. The SMILES string of the molecule is Clc1cc(Cl)cc(CC(Oc2cccc(N3CCCCC3)n2)c2ncc[nH]2)c1. The molecule has 1 unspecified atom stereocenters. The molecule has 1 aliphatic rings. The normalized spacial score (nSPS) is 15.4. The molecule has 146 valence electrons. The van der Waals surface area contributed by atoms with Gasteiger partial charge in [0.05, 0.1) is 0 Å². The van der Waals surface area contributed by atoms with Crippen molar-refractivity contribution in [3.8, 4) is 5.88 Å².